The third-order valence-corrected chi connectivity index (χ3v) is 4.94. The van der Waals surface area contributed by atoms with Gasteiger partial charge < -0.3 is 0 Å². The molecule has 0 bridgehead atoms. The molecule has 0 amide bonds. The maximum Gasteiger partial charge on any atom is 0.200 e. The summed E-state index contributed by atoms with van der Waals surface area (Å²) in [6, 6.07) is 4.33. The van der Waals surface area contributed by atoms with E-state index >= 15 is 0 Å². The van der Waals surface area contributed by atoms with Crippen LogP contribution in [0.25, 0.3) is 5.57 Å². The highest BCUT2D eigenvalue weighted by Gasteiger charge is 2.28. The molecule has 0 aromatic heterocycles. The summed E-state index contributed by atoms with van der Waals surface area (Å²) in [7, 11) is -6.82. The first kappa shape index (κ1) is 12.6. The van der Waals surface area contributed by atoms with Crippen LogP contribution in [0, 0.1) is 0 Å². The molecule has 0 saturated heterocycles. The van der Waals surface area contributed by atoms with Crippen molar-refractivity contribution in [3.8, 4) is 0 Å². The molecule has 0 N–H and O–H groups in total. The molecule has 2 rings (SSSR count). The Morgan fingerprint density at radius 1 is 1.29 bits per heavy atom. The van der Waals surface area contributed by atoms with Crippen LogP contribution in [0.2, 0.25) is 5.02 Å². The van der Waals surface area contributed by atoms with Crippen molar-refractivity contribution in [1.29, 1.82) is 0 Å². The zero-order valence-corrected chi connectivity index (χ0v) is 11.2. The predicted octanol–water partition coefficient (Wildman–Crippen LogP) is 1.51. The first-order chi connectivity index (χ1) is 7.69. The van der Waals surface area contributed by atoms with E-state index in [0.29, 0.717) is 10.6 Å². The zero-order valence-electron chi connectivity index (χ0n) is 8.84. The second-order valence-corrected chi connectivity index (χ2v) is 8.24. The molecule has 17 heavy (non-hydrogen) atoms. The quantitative estimate of drug-likeness (QED) is 0.828. The van der Waals surface area contributed by atoms with Gasteiger partial charge in [-0.15, -0.1) is 0 Å². The molecule has 7 heteroatoms. The van der Waals surface area contributed by atoms with Crippen LogP contribution >= 0.6 is 11.6 Å². The molecule has 1 aliphatic rings. The Balaban J connectivity index is 2.64. The maximum absolute atomic E-state index is 11.7. The fourth-order valence-corrected chi connectivity index (χ4v) is 4.26. The van der Waals surface area contributed by atoms with Gasteiger partial charge in [-0.3, -0.25) is 0 Å². The highest BCUT2D eigenvalue weighted by molar-refractivity contribution is 7.95. The molecule has 4 nitrogen and oxygen atoms in total. The Morgan fingerprint density at radius 2 is 1.94 bits per heavy atom. The van der Waals surface area contributed by atoms with Gasteiger partial charge in [-0.05, 0) is 29.3 Å². The summed E-state index contributed by atoms with van der Waals surface area (Å²) >= 11 is 5.78. The first-order valence-electron chi connectivity index (χ1n) is 4.62. The van der Waals surface area contributed by atoms with Crippen LogP contribution in [-0.2, 0) is 19.7 Å². The van der Waals surface area contributed by atoms with E-state index in [1.54, 1.807) is 0 Å². The van der Waals surface area contributed by atoms with E-state index < -0.39 is 19.7 Å². The van der Waals surface area contributed by atoms with Crippen molar-refractivity contribution in [2.75, 3.05) is 12.0 Å². The summed E-state index contributed by atoms with van der Waals surface area (Å²) in [5.74, 6) is -0.306. The SMILES string of the molecule is CS(=O)(=O)CC1=CS(=O)(=O)c2ccc(Cl)cc21. The van der Waals surface area contributed by atoms with E-state index in [-0.39, 0.29) is 16.2 Å². The third-order valence-electron chi connectivity index (χ3n) is 2.31. The number of benzene rings is 1. The average Bonchev–Trinajstić information content (AvgIpc) is 2.35. The minimum absolute atomic E-state index is 0.112. The van der Waals surface area contributed by atoms with Crippen LogP contribution in [0.3, 0.4) is 0 Å². The molecular formula is C10H9ClO4S2. The minimum atomic E-state index is -3.53. The van der Waals surface area contributed by atoms with Crippen LogP contribution in [0.15, 0.2) is 28.5 Å². The van der Waals surface area contributed by atoms with Crippen molar-refractivity contribution in [3.63, 3.8) is 0 Å². The van der Waals surface area contributed by atoms with Crippen LogP contribution in [-0.4, -0.2) is 28.8 Å². The molecule has 92 valence electrons. The maximum atomic E-state index is 11.7. The number of sulfone groups is 2. The highest BCUT2D eigenvalue weighted by Crippen LogP contribution is 2.35. The van der Waals surface area contributed by atoms with Gasteiger partial charge >= 0.3 is 0 Å². The number of rotatable bonds is 2. The molecule has 0 saturated carbocycles. The van der Waals surface area contributed by atoms with Gasteiger partial charge in [-0.1, -0.05) is 11.6 Å². The minimum Gasteiger partial charge on any atom is -0.229 e. The van der Waals surface area contributed by atoms with Crippen molar-refractivity contribution in [2.45, 2.75) is 4.90 Å². The number of fused-ring (bicyclic) bond motifs is 1. The predicted molar refractivity (Wildman–Crippen MR) is 66.3 cm³/mol. The van der Waals surface area contributed by atoms with Crippen molar-refractivity contribution >= 4 is 36.8 Å². The zero-order chi connectivity index (χ0) is 12.8. The Morgan fingerprint density at radius 3 is 2.53 bits per heavy atom. The molecule has 1 heterocycles. The van der Waals surface area contributed by atoms with E-state index in [9.17, 15) is 16.8 Å². The largest absolute Gasteiger partial charge is 0.229 e. The van der Waals surface area contributed by atoms with E-state index in [4.69, 9.17) is 11.6 Å². The van der Waals surface area contributed by atoms with Crippen LogP contribution in [0.5, 0.6) is 0 Å². The topological polar surface area (TPSA) is 68.3 Å². The molecule has 0 spiro atoms. The van der Waals surface area contributed by atoms with Gasteiger partial charge in [0, 0.05) is 16.7 Å². The summed E-state index contributed by atoms with van der Waals surface area (Å²) in [4.78, 5) is 0.112. The lowest BCUT2D eigenvalue weighted by Gasteiger charge is -2.03. The molecule has 0 fully saturated rings. The lowest BCUT2D eigenvalue weighted by Crippen LogP contribution is -2.04. The second kappa shape index (κ2) is 3.83. The van der Waals surface area contributed by atoms with Gasteiger partial charge in [0.15, 0.2) is 9.84 Å². The standard InChI is InChI=1S/C10H9ClO4S2/c1-16(12,13)5-7-6-17(14,15)10-3-2-8(11)4-9(7)10/h2-4,6H,5H2,1H3. The molecule has 0 unspecified atom stereocenters. The average molecular weight is 293 g/mol. The second-order valence-electron chi connectivity index (χ2n) is 3.90. The van der Waals surface area contributed by atoms with Gasteiger partial charge in [0.1, 0.15) is 0 Å². The first-order valence-corrected chi connectivity index (χ1v) is 8.61. The Bertz CT molecular complexity index is 715. The van der Waals surface area contributed by atoms with Crippen molar-refractivity contribution in [2.24, 2.45) is 0 Å². The summed E-state index contributed by atoms with van der Waals surface area (Å²) in [6.45, 7) is 0. The van der Waals surface area contributed by atoms with Crippen LogP contribution in [0.4, 0.5) is 0 Å². The van der Waals surface area contributed by atoms with Gasteiger partial charge in [-0.2, -0.15) is 0 Å². The Labute approximate surface area is 105 Å². The number of hydrogen-bond acceptors (Lipinski definition) is 4. The lowest BCUT2D eigenvalue weighted by molar-refractivity contribution is 0.603. The number of hydrogen-bond donors (Lipinski definition) is 0. The third kappa shape index (κ3) is 2.53. The van der Waals surface area contributed by atoms with E-state index in [0.717, 1.165) is 11.7 Å². The normalized spacial score (nSPS) is 17.6. The van der Waals surface area contributed by atoms with E-state index in [1.165, 1.54) is 18.2 Å². The van der Waals surface area contributed by atoms with Crippen molar-refractivity contribution < 1.29 is 16.8 Å². The van der Waals surface area contributed by atoms with Gasteiger partial charge in [-0.25, -0.2) is 16.8 Å². The van der Waals surface area contributed by atoms with Crippen molar-refractivity contribution in [1.82, 2.24) is 0 Å². The lowest BCUT2D eigenvalue weighted by atomic mass is 10.1. The molecule has 1 aliphatic heterocycles. The Hall–Kier alpha value is -0.850. The van der Waals surface area contributed by atoms with E-state index in [2.05, 4.69) is 0 Å². The summed E-state index contributed by atoms with van der Waals surface area (Å²) < 4.78 is 45.9. The molecule has 1 aromatic rings. The monoisotopic (exact) mass is 292 g/mol. The van der Waals surface area contributed by atoms with Crippen LogP contribution in [0.1, 0.15) is 5.56 Å². The molecule has 0 aliphatic carbocycles. The molecule has 0 radical (unpaired) electrons. The van der Waals surface area contributed by atoms with Gasteiger partial charge in [0.2, 0.25) is 9.84 Å². The Kier molecular flexibility index (Phi) is 2.84. The smallest absolute Gasteiger partial charge is 0.200 e. The van der Waals surface area contributed by atoms with Gasteiger partial charge in [0.25, 0.3) is 0 Å². The molecule has 1 aromatic carbocycles. The summed E-state index contributed by atoms with van der Waals surface area (Å²) in [5, 5.41) is 1.37. The highest BCUT2D eigenvalue weighted by atomic mass is 35.5. The fraction of sp³-hybridized carbons (Fsp3) is 0.200. The van der Waals surface area contributed by atoms with Crippen LogP contribution < -0.4 is 0 Å². The van der Waals surface area contributed by atoms with E-state index in [1.807, 2.05) is 0 Å². The number of halogens is 1. The van der Waals surface area contributed by atoms with Crippen molar-refractivity contribution in [3.05, 3.63) is 34.2 Å². The molecule has 0 atom stereocenters. The summed E-state index contributed by atoms with van der Waals surface area (Å²) in [5.41, 5.74) is 0.646. The van der Waals surface area contributed by atoms with Gasteiger partial charge in [0.05, 0.1) is 10.6 Å². The molecular weight excluding hydrogens is 284 g/mol. The fourth-order valence-electron chi connectivity index (χ4n) is 1.71. The summed E-state index contributed by atoms with van der Waals surface area (Å²) in [6.07, 6.45) is 1.06.